The zero-order chi connectivity index (χ0) is 17.7. The molecule has 7 heteroatoms. The summed E-state index contributed by atoms with van der Waals surface area (Å²) in [5.41, 5.74) is -0.0462. The summed E-state index contributed by atoms with van der Waals surface area (Å²) in [6.45, 7) is 13.7. The summed E-state index contributed by atoms with van der Waals surface area (Å²) in [5.74, 6) is 1.10. The highest BCUT2D eigenvalue weighted by atomic mass is 32.1. The van der Waals surface area contributed by atoms with Crippen molar-refractivity contribution < 1.29 is 4.79 Å². The second-order valence-electron chi connectivity index (χ2n) is 7.58. The predicted octanol–water partition coefficient (Wildman–Crippen LogP) is 3.68. The van der Waals surface area contributed by atoms with Crippen molar-refractivity contribution in [1.29, 1.82) is 0 Å². The van der Waals surface area contributed by atoms with Crippen molar-refractivity contribution >= 4 is 22.5 Å². The van der Waals surface area contributed by atoms with Gasteiger partial charge in [-0.2, -0.15) is 0 Å². The maximum Gasteiger partial charge on any atom is 0.321 e. The number of urea groups is 1. The molecule has 1 saturated heterocycles. The molecule has 0 radical (unpaired) electrons. The second-order valence-corrected chi connectivity index (χ2v) is 8.59. The maximum atomic E-state index is 12.1. The first-order valence-corrected chi connectivity index (χ1v) is 9.76. The van der Waals surface area contributed by atoms with E-state index in [-0.39, 0.29) is 11.6 Å². The first-order chi connectivity index (χ1) is 11.3. The largest absolute Gasteiger partial charge is 0.336 e. The SMILES string of the molecule is CCC1CCCN(C(C)(C)CNC(=O)Nc2nnc(C(C)C)s2)C1. The third-order valence-electron chi connectivity index (χ3n) is 4.79. The minimum atomic E-state index is -0.210. The number of nitrogens with one attached hydrogen (secondary N) is 2. The molecule has 1 atom stereocenters. The highest BCUT2D eigenvalue weighted by Gasteiger charge is 2.31. The lowest BCUT2D eigenvalue weighted by molar-refractivity contribution is 0.0669. The van der Waals surface area contributed by atoms with E-state index in [0.717, 1.165) is 24.0 Å². The Morgan fingerprint density at radius 3 is 2.79 bits per heavy atom. The van der Waals surface area contributed by atoms with Crippen molar-refractivity contribution in [3.05, 3.63) is 5.01 Å². The predicted molar refractivity (Wildman–Crippen MR) is 99.7 cm³/mol. The van der Waals surface area contributed by atoms with Crippen LogP contribution in [0, 0.1) is 5.92 Å². The minimum Gasteiger partial charge on any atom is -0.336 e. The Kier molecular flexibility index (Phi) is 6.57. The molecule has 1 aliphatic heterocycles. The van der Waals surface area contributed by atoms with E-state index < -0.39 is 0 Å². The molecule has 6 nitrogen and oxygen atoms in total. The number of anilines is 1. The molecule has 136 valence electrons. The summed E-state index contributed by atoms with van der Waals surface area (Å²) in [6, 6.07) is -0.210. The van der Waals surface area contributed by atoms with Crippen LogP contribution in [0.15, 0.2) is 0 Å². The Hall–Kier alpha value is -1.21. The molecule has 1 aromatic heterocycles. The number of rotatable bonds is 6. The van der Waals surface area contributed by atoms with Gasteiger partial charge in [-0.3, -0.25) is 10.2 Å². The van der Waals surface area contributed by atoms with Crippen LogP contribution in [0.2, 0.25) is 0 Å². The molecule has 2 heterocycles. The quantitative estimate of drug-likeness (QED) is 0.818. The average Bonchev–Trinajstić information content (AvgIpc) is 3.02. The fourth-order valence-electron chi connectivity index (χ4n) is 3.02. The molecule has 24 heavy (non-hydrogen) atoms. The zero-order valence-corrected chi connectivity index (χ0v) is 16.4. The molecular formula is C17H31N5OS. The lowest BCUT2D eigenvalue weighted by atomic mass is 9.91. The van der Waals surface area contributed by atoms with Crippen LogP contribution in [-0.4, -0.2) is 46.3 Å². The molecule has 0 aromatic carbocycles. The molecule has 1 unspecified atom stereocenters. The van der Waals surface area contributed by atoms with Gasteiger partial charge >= 0.3 is 6.03 Å². The second kappa shape index (κ2) is 8.25. The van der Waals surface area contributed by atoms with Crippen molar-refractivity contribution in [3.8, 4) is 0 Å². The number of aromatic nitrogens is 2. The average molecular weight is 354 g/mol. The first kappa shape index (κ1) is 19.1. The van der Waals surface area contributed by atoms with Gasteiger partial charge < -0.3 is 5.32 Å². The van der Waals surface area contributed by atoms with Crippen molar-refractivity contribution in [2.75, 3.05) is 25.0 Å². The van der Waals surface area contributed by atoms with Crippen molar-refractivity contribution in [2.45, 2.75) is 65.3 Å². The van der Waals surface area contributed by atoms with Gasteiger partial charge in [-0.05, 0) is 39.2 Å². The van der Waals surface area contributed by atoms with E-state index >= 15 is 0 Å². The summed E-state index contributed by atoms with van der Waals surface area (Å²) >= 11 is 1.43. The van der Waals surface area contributed by atoms with Crippen LogP contribution in [0.25, 0.3) is 0 Å². The first-order valence-electron chi connectivity index (χ1n) is 8.95. The fourth-order valence-corrected chi connectivity index (χ4v) is 3.76. The molecule has 2 rings (SSSR count). The molecule has 0 saturated carbocycles. The maximum absolute atomic E-state index is 12.1. The monoisotopic (exact) mass is 353 g/mol. The Bertz CT molecular complexity index is 543. The Balaban J connectivity index is 1.83. The highest BCUT2D eigenvalue weighted by Crippen LogP contribution is 2.25. The summed E-state index contributed by atoms with van der Waals surface area (Å²) < 4.78 is 0. The van der Waals surface area contributed by atoms with Crippen molar-refractivity contribution in [2.24, 2.45) is 5.92 Å². The molecule has 0 aliphatic carbocycles. The van der Waals surface area contributed by atoms with Gasteiger partial charge in [-0.15, -0.1) is 10.2 Å². The van der Waals surface area contributed by atoms with E-state index in [1.165, 1.54) is 30.6 Å². The number of carbonyl (C=O) groups excluding carboxylic acids is 1. The van der Waals surface area contributed by atoms with E-state index in [4.69, 9.17) is 0 Å². The Morgan fingerprint density at radius 2 is 2.17 bits per heavy atom. The van der Waals surface area contributed by atoms with Gasteiger partial charge in [0, 0.05) is 24.5 Å². The van der Waals surface area contributed by atoms with E-state index in [1.807, 2.05) is 0 Å². The van der Waals surface area contributed by atoms with Crippen molar-refractivity contribution in [3.63, 3.8) is 0 Å². The van der Waals surface area contributed by atoms with Crippen LogP contribution in [0.3, 0.4) is 0 Å². The zero-order valence-electron chi connectivity index (χ0n) is 15.6. The van der Waals surface area contributed by atoms with Gasteiger partial charge in [-0.25, -0.2) is 4.79 Å². The van der Waals surface area contributed by atoms with Gasteiger partial charge in [0.05, 0.1) is 0 Å². The normalized spacial score (nSPS) is 19.5. The number of carbonyl (C=O) groups is 1. The summed E-state index contributed by atoms with van der Waals surface area (Å²) in [7, 11) is 0. The van der Waals surface area contributed by atoms with E-state index in [1.54, 1.807) is 0 Å². The lowest BCUT2D eigenvalue weighted by Gasteiger charge is -2.43. The van der Waals surface area contributed by atoms with Gasteiger partial charge in [0.2, 0.25) is 5.13 Å². The molecule has 1 aliphatic rings. The van der Waals surface area contributed by atoms with E-state index in [9.17, 15) is 4.79 Å². The summed E-state index contributed by atoms with van der Waals surface area (Å²) in [4.78, 5) is 14.6. The highest BCUT2D eigenvalue weighted by molar-refractivity contribution is 7.15. The molecule has 2 amide bonds. The van der Waals surface area contributed by atoms with E-state index in [0.29, 0.717) is 17.6 Å². The van der Waals surface area contributed by atoms with Crippen LogP contribution >= 0.6 is 11.3 Å². The number of amides is 2. The summed E-state index contributed by atoms with van der Waals surface area (Å²) in [5, 5.41) is 15.4. The van der Waals surface area contributed by atoms with Gasteiger partial charge in [0.25, 0.3) is 0 Å². The van der Waals surface area contributed by atoms with Crippen LogP contribution in [-0.2, 0) is 0 Å². The topological polar surface area (TPSA) is 70.2 Å². The number of hydrogen-bond donors (Lipinski definition) is 2. The van der Waals surface area contributed by atoms with Gasteiger partial charge in [-0.1, -0.05) is 38.5 Å². The molecule has 2 N–H and O–H groups in total. The van der Waals surface area contributed by atoms with Crippen LogP contribution in [0.5, 0.6) is 0 Å². The smallest absolute Gasteiger partial charge is 0.321 e. The van der Waals surface area contributed by atoms with Crippen LogP contribution in [0.4, 0.5) is 9.93 Å². The molecule has 0 bridgehead atoms. The third-order valence-corrected chi connectivity index (χ3v) is 5.93. The number of hydrogen-bond acceptors (Lipinski definition) is 5. The Labute approximate surface area is 149 Å². The molecular weight excluding hydrogens is 322 g/mol. The fraction of sp³-hybridized carbons (Fsp3) is 0.824. The molecule has 0 spiro atoms. The number of piperidine rings is 1. The molecule has 1 aromatic rings. The van der Waals surface area contributed by atoms with Crippen molar-refractivity contribution in [1.82, 2.24) is 20.4 Å². The van der Waals surface area contributed by atoms with Crippen LogP contribution in [0.1, 0.15) is 64.8 Å². The Morgan fingerprint density at radius 1 is 1.42 bits per heavy atom. The van der Waals surface area contributed by atoms with Gasteiger partial charge in [0.1, 0.15) is 5.01 Å². The standard InChI is InChI=1S/C17H31N5OS/c1-6-13-8-7-9-22(10-13)17(4,5)11-18-15(23)19-16-21-20-14(24-16)12(2)3/h12-13H,6-11H2,1-5H3,(H2,18,19,21,23). The van der Waals surface area contributed by atoms with E-state index in [2.05, 4.69) is 60.3 Å². The van der Waals surface area contributed by atoms with Crippen LogP contribution < -0.4 is 10.6 Å². The minimum absolute atomic E-state index is 0.0462. The number of nitrogens with zero attached hydrogens (tertiary/aromatic N) is 3. The molecule has 1 fully saturated rings. The third kappa shape index (κ3) is 5.14. The lowest BCUT2D eigenvalue weighted by Crippen LogP contribution is -2.55. The number of likely N-dealkylation sites (tertiary alicyclic amines) is 1. The summed E-state index contributed by atoms with van der Waals surface area (Å²) in [6.07, 6.45) is 3.80. The van der Waals surface area contributed by atoms with Gasteiger partial charge in [0.15, 0.2) is 0 Å².